The summed E-state index contributed by atoms with van der Waals surface area (Å²) in [4.78, 5) is 17.1. The molecule has 0 unspecified atom stereocenters. The van der Waals surface area contributed by atoms with Gasteiger partial charge in [-0.2, -0.15) is 5.06 Å². The number of aliphatic hydroxyl groups excluding tert-OH is 1. The SMILES string of the molecule is CC1(C)CCCC(C)(C)N1O[C@H](CO)[C@H](C[N+](=O)[O-])c1ccccc1. The van der Waals surface area contributed by atoms with Crippen LogP contribution in [-0.2, 0) is 4.84 Å². The highest BCUT2D eigenvalue weighted by Crippen LogP contribution is 2.40. The maximum absolute atomic E-state index is 11.2. The lowest BCUT2D eigenvalue weighted by Gasteiger charge is -2.52. The first-order valence-electron chi connectivity index (χ1n) is 8.92. The quantitative estimate of drug-likeness (QED) is 0.603. The van der Waals surface area contributed by atoms with Crippen LogP contribution >= 0.6 is 0 Å². The Labute approximate surface area is 149 Å². The summed E-state index contributed by atoms with van der Waals surface area (Å²) in [6, 6.07) is 9.29. The summed E-state index contributed by atoms with van der Waals surface area (Å²) >= 11 is 0. The summed E-state index contributed by atoms with van der Waals surface area (Å²) in [5.74, 6) is -0.505. The number of aliphatic hydroxyl groups is 1. The highest BCUT2D eigenvalue weighted by atomic mass is 16.7. The minimum Gasteiger partial charge on any atom is -0.394 e. The van der Waals surface area contributed by atoms with Crippen LogP contribution in [0.4, 0.5) is 0 Å². The fourth-order valence-electron chi connectivity index (χ4n) is 3.93. The van der Waals surface area contributed by atoms with Crippen LogP contribution in [0, 0.1) is 10.1 Å². The molecule has 1 heterocycles. The van der Waals surface area contributed by atoms with Gasteiger partial charge in [-0.1, -0.05) is 30.3 Å². The number of benzene rings is 1. The monoisotopic (exact) mass is 350 g/mol. The number of nitro groups is 1. The van der Waals surface area contributed by atoms with Crippen molar-refractivity contribution in [1.82, 2.24) is 5.06 Å². The molecule has 6 heteroatoms. The molecule has 0 amide bonds. The minimum absolute atomic E-state index is 0.189. The highest BCUT2D eigenvalue weighted by molar-refractivity contribution is 5.21. The van der Waals surface area contributed by atoms with E-state index >= 15 is 0 Å². The van der Waals surface area contributed by atoms with Gasteiger partial charge in [-0.05, 0) is 52.5 Å². The maximum atomic E-state index is 11.2. The Kier molecular flexibility index (Phi) is 6.19. The van der Waals surface area contributed by atoms with Crippen LogP contribution in [0.15, 0.2) is 30.3 Å². The van der Waals surface area contributed by atoms with Gasteiger partial charge in [-0.15, -0.1) is 0 Å². The van der Waals surface area contributed by atoms with Crippen molar-refractivity contribution in [3.8, 4) is 0 Å². The zero-order valence-electron chi connectivity index (χ0n) is 15.6. The maximum Gasteiger partial charge on any atom is 0.213 e. The molecular weight excluding hydrogens is 320 g/mol. The molecule has 1 aromatic carbocycles. The van der Waals surface area contributed by atoms with Crippen molar-refractivity contribution in [3.05, 3.63) is 46.0 Å². The van der Waals surface area contributed by atoms with Gasteiger partial charge in [0.1, 0.15) is 6.10 Å². The van der Waals surface area contributed by atoms with E-state index in [1.54, 1.807) is 0 Å². The van der Waals surface area contributed by atoms with Crippen molar-refractivity contribution >= 4 is 0 Å². The van der Waals surface area contributed by atoms with Crippen LogP contribution in [0.5, 0.6) is 0 Å². The fraction of sp³-hybridized carbons (Fsp3) is 0.684. The van der Waals surface area contributed by atoms with E-state index in [0.29, 0.717) is 0 Å². The lowest BCUT2D eigenvalue weighted by molar-refractivity contribution is -0.488. The largest absolute Gasteiger partial charge is 0.394 e. The minimum atomic E-state index is -0.663. The molecule has 1 saturated heterocycles. The van der Waals surface area contributed by atoms with E-state index in [-0.39, 0.29) is 29.2 Å². The fourth-order valence-corrected chi connectivity index (χ4v) is 3.93. The van der Waals surface area contributed by atoms with E-state index in [0.717, 1.165) is 24.8 Å². The van der Waals surface area contributed by atoms with E-state index in [1.165, 1.54) is 0 Å². The van der Waals surface area contributed by atoms with Crippen LogP contribution in [0.3, 0.4) is 0 Å². The first kappa shape index (κ1) is 19.8. The normalized spacial score (nSPS) is 22.3. The molecule has 1 aromatic rings. The van der Waals surface area contributed by atoms with Gasteiger partial charge in [0.15, 0.2) is 0 Å². The van der Waals surface area contributed by atoms with Gasteiger partial charge < -0.3 is 5.11 Å². The first-order valence-corrected chi connectivity index (χ1v) is 8.92. The summed E-state index contributed by atoms with van der Waals surface area (Å²) in [7, 11) is 0. The topological polar surface area (TPSA) is 75.8 Å². The van der Waals surface area contributed by atoms with Gasteiger partial charge in [0, 0.05) is 16.0 Å². The van der Waals surface area contributed by atoms with Crippen LogP contribution < -0.4 is 0 Å². The number of hydrogen-bond donors (Lipinski definition) is 1. The predicted molar refractivity (Wildman–Crippen MR) is 96.9 cm³/mol. The van der Waals surface area contributed by atoms with Crippen molar-refractivity contribution in [2.45, 2.75) is 70.1 Å². The van der Waals surface area contributed by atoms with Crippen molar-refractivity contribution in [2.75, 3.05) is 13.2 Å². The molecule has 0 aromatic heterocycles. The number of hydrogen-bond acceptors (Lipinski definition) is 5. The number of hydroxylamine groups is 2. The number of nitrogens with zero attached hydrogens (tertiary/aromatic N) is 2. The lowest BCUT2D eigenvalue weighted by atomic mass is 9.82. The molecule has 1 fully saturated rings. The van der Waals surface area contributed by atoms with E-state index < -0.39 is 12.0 Å². The molecule has 0 radical (unpaired) electrons. The van der Waals surface area contributed by atoms with Crippen LogP contribution in [-0.4, -0.2) is 45.4 Å². The molecule has 0 bridgehead atoms. The second kappa shape index (κ2) is 7.81. The summed E-state index contributed by atoms with van der Waals surface area (Å²) < 4.78 is 0. The summed E-state index contributed by atoms with van der Waals surface area (Å²) in [6.07, 6.45) is 2.42. The second-order valence-electron chi connectivity index (χ2n) is 8.13. The Morgan fingerprint density at radius 3 is 2.24 bits per heavy atom. The zero-order valence-corrected chi connectivity index (χ0v) is 15.6. The van der Waals surface area contributed by atoms with Crippen molar-refractivity contribution in [1.29, 1.82) is 0 Å². The van der Waals surface area contributed by atoms with Gasteiger partial charge in [-0.3, -0.25) is 15.0 Å². The Hall–Kier alpha value is -1.50. The number of rotatable bonds is 7. The third-order valence-electron chi connectivity index (χ3n) is 5.12. The molecule has 0 saturated carbocycles. The van der Waals surface area contributed by atoms with Gasteiger partial charge in [0.05, 0.1) is 12.5 Å². The molecule has 1 N–H and O–H groups in total. The molecule has 25 heavy (non-hydrogen) atoms. The van der Waals surface area contributed by atoms with Crippen LogP contribution in [0.1, 0.15) is 58.4 Å². The smallest absolute Gasteiger partial charge is 0.213 e. The van der Waals surface area contributed by atoms with Gasteiger partial charge in [0.2, 0.25) is 6.54 Å². The molecule has 0 aliphatic carbocycles. The first-order chi connectivity index (χ1) is 11.7. The molecular formula is C19H30N2O4. The molecule has 140 valence electrons. The molecule has 2 atom stereocenters. The molecule has 6 nitrogen and oxygen atoms in total. The van der Waals surface area contributed by atoms with Gasteiger partial charge >= 0.3 is 0 Å². The molecule has 0 spiro atoms. The van der Waals surface area contributed by atoms with E-state index in [1.807, 2.05) is 35.4 Å². The van der Waals surface area contributed by atoms with Crippen molar-refractivity contribution < 1.29 is 14.9 Å². The Morgan fingerprint density at radius 1 is 1.20 bits per heavy atom. The lowest BCUT2D eigenvalue weighted by Crippen LogP contribution is -2.60. The second-order valence-corrected chi connectivity index (χ2v) is 8.13. The average Bonchev–Trinajstić information content (AvgIpc) is 2.53. The van der Waals surface area contributed by atoms with E-state index in [2.05, 4.69) is 27.7 Å². The Morgan fingerprint density at radius 2 is 1.76 bits per heavy atom. The van der Waals surface area contributed by atoms with Crippen LogP contribution in [0.2, 0.25) is 0 Å². The van der Waals surface area contributed by atoms with Crippen molar-refractivity contribution in [3.63, 3.8) is 0 Å². The summed E-state index contributed by atoms with van der Waals surface area (Å²) in [5, 5.41) is 23.1. The third-order valence-corrected chi connectivity index (χ3v) is 5.12. The molecule has 1 aliphatic rings. The predicted octanol–water partition coefficient (Wildman–Crippen LogP) is 3.38. The molecule has 1 aliphatic heterocycles. The van der Waals surface area contributed by atoms with E-state index in [9.17, 15) is 15.2 Å². The zero-order chi connectivity index (χ0) is 18.7. The average molecular weight is 350 g/mol. The van der Waals surface area contributed by atoms with E-state index in [4.69, 9.17) is 4.84 Å². The van der Waals surface area contributed by atoms with Crippen molar-refractivity contribution in [2.24, 2.45) is 0 Å². The van der Waals surface area contributed by atoms with Crippen LogP contribution in [0.25, 0.3) is 0 Å². The highest BCUT2D eigenvalue weighted by Gasteiger charge is 2.45. The summed E-state index contributed by atoms with van der Waals surface area (Å²) in [6.45, 7) is 7.93. The Balaban J connectivity index is 2.29. The molecule has 2 rings (SSSR count). The van der Waals surface area contributed by atoms with Gasteiger partial charge in [0.25, 0.3) is 0 Å². The third kappa shape index (κ3) is 4.77. The Bertz CT molecular complexity index is 558. The van der Waals surface area contributed by atoms with Gasteiger partial charge in [-0.25, -0.2) is 0 Å². The standard InChI is InChI=1S/C19H30N2O4/c1-18(2)11-8-12-19(3,4)21(18)25-17(14-22)16(13-20(23)24)15-9-6-5-7-10-15/h5-7,9-10,16-17,22H,8,11-14H2,1-4H3/t16-,17-/m1/s1. The summed E-state index contributed by atoms with van der Waals surface area (Å²) in [5.41, 5.74) is 0.432. The number of piperidine rings is 1.